The number of anilines is 2. The van der Waals surface area contributed by atoms with E-state index in [0.29, 0.717) is 18.5 Å². The summed E-state index contributed by atoms with van der Waals surface area (Å²) in [7, 11) is 1.70. The van der Waals surface area contributed by atoms with Gasteiger partial charge in [-0.15, -0.1) is 5.10 Å². The Morgan fingerprint density at radius 1 is 1.02 bits per heavy atom. The van der Waals surface area contributed by atoms with Crippen molar-refractivity contribution in [3.8, 4) is 11.1 Å². The van der Waals surface area contributed by atoms with Crippen molar-refractivity contribution in [1.82, 2.24) is 29.5 Å². The molecule has 2 N–H and O–H groups in total. The lowest BCUT2D eigenvalue weighted by Crippen LogP contribution is -2.46. The predicted octanol–water partition coefficient (Wildman–Crippen LogP) is 4.28. The molecule has 1 aliphatic carbocycles. The van der Waals surface area contributed by atoms with E-state index in [4.69, 9.17) is 9.84 Å². The first kappa shape index (κ1) is 28.5. The van der Waals surface area contributed by atoms with Gasteiger partial charge in [-0.3, -0.25) is 4.90 Å². The van der Waals surface area contributed by atoms with Gasteiger partial charge in [0.05, 0.1) is 24.4 Å². The molecule has 0 radical (unpaired) electrons. The highest BCUT2D eigenvalue weighted by atomic mass is 16.5. The molecule has 1 atom stereocenters. The van der Waals surface area contributed by atoms with Gasteiger partial charge in [0.15, 0.2) is 0 Å². The van der Waals surface area contributed by atoms with Gasteiger partial charge in [0, 0.05) is 74.9 Å². The molecule has 4 heterocycles. The van der Waals surface area contributed by atoms with Crippen molar-refractivity contribution in [3.05, 3.63) is 65.7 Å². The topological polar surface area (TPSA) is 104 Å². The van der Waals surface area contributed by atoms with E-state index in [1.807, 2.05) is 25.4 Å². The fourth-order valence-electron chi connectivity index (χ4n) is 6.23. The Labute approximate surface area is 247 Å². The van der Waals surface area contributed by atoms with Gasteiger partial charge in [0.1, 0.15) is 0 Å². The SMILES string of the molecule is COCC(C)Nc1ncc2c(-c3ccc(CN4CCN(c5nccc(C)n5)CC4)cc3)cc(C3CCC(O)CC3)n2n1. The molecule has 2 aliphatic rings. The second-order valence-corrected chi connectivity index (χ2v) is 11.8. The summed E-state index contributed by atoms with van der Waals surface area (Å²) in [6.07, 6.45) is 7.15. The highest BCUT2D eigenvalue weighted by molar-refractivity contribution is 5.81. The van der Waals surface area contributed by atoms with Gasteiger partial charge in [0.25, 0.3) is 0 Å². The van der Waals surface area contributed by atoms with Crippen LogP contribution in [-0.4, -0.2) is 86.6 Å². The quantitative estimate of drug-likeness (QED) is 0.305. The summed E-state index contributed by atoms with van der Waals surface area (Å²) >= 11 is 0. The van der Waals surface area contributed by atoms with E-state index in [1.165, 1.54) is 11.3 Å². The molecule has 0 spiro atoms. The molecular weight excluding hydrogens is 528 g/mol. The highest BCUT2D eigenvalue weighted by Gasteiger charge is 2.26. The minimum absolute atomic E-state index is 0.0992. The van der Waals surface area contributed by atoms with Gasteiger partial charge in [-0.25, -0.2) is 19.5 Å². The van der Waals surface area contributed by atoms with Crippen LogP contribution in [0.4, 0.5) is 11.9 Å². The number of aliphatic hydroxyl groups excluding tert-OH is 1. The van der Waals surface area contributed by atoms with Gasteiger partial charge in [-0.05, 0) is 62.8 Å². The third kappa shape index (κ3) is 6.40. The van der Waals surface area contributed by atoms with E-state index in [-0.39, 0.29) is 12.1 Å². The lowest BCUT2D eigenvalue weighted by molar-refractivity contribution is 0.121. The number of aryl methyl sites for hydroxylation is 1. The van der Waals surface area contributed by atoms with E-state index in [1.54, 1.807) is 7.11 Å². The average Bonchev–Trinajstić information content (AvgIpc) is 3.37. The number of methoxy groups -OCH3 is 1. The van der Waals surface area contributed by atoms with Crippen LogP contribution in [0.5, 0.6) is 0 Å². The van der Waals surface area contributed by atoms with E-state index in [9.17, 15) is 5.11 Å². The van der Waals surface area contributed by atoms with E-state index >= 15 is 0 Å². The summed E-state index contributed by atoms with van der Waals surface area (Å²) in [6, 6.07) is 13.3. The van der Waals surface area contributed by atoms with Crippen molar-refractivity contribution >= 4 is 17.4 Å². The second kappa shape index (κ2) is 12.7. The fourth-order valence-corrected chi connectivity index (χ4v) is 6.23. The van der Waals surface area contributed by atoms with Crippen molar-refractivity contribution in [2.45, 2.75) is 64.1 Å². The first-order valence-corrected chi connectivity index (χ1v) is 15.2. The van der Waals surface area contributed by atoms with E-state index in [0.717, 1.165) is 86.7 Å². The number of hydrogen-bond acceptors (Lipinski definition) is 9. The predicted molar refractivity (Wildman–Crippen MR) is 165 cm³/mol. The van der Waals surface area contributed by atoms with Gasteiger partial charge < -0.3 is 20.1 Å². The van der Waals surface area contributed by atoms with Crippen LogP contribution < -0.4 is 10.2 Å². The molecule has 6 rings (SSSR count). The molecule has 1 saturated heterocycles. The molecule has 4 aromatic rings. The highest BCUT2D eigenvalue weighted by Crippen LogP contribution is 2.37. The zero-order chi connectivity index (χ0) is 29.1. The molecule has 1 aromatic carbocycles. The van der Waals surface area contributed by atoms with Crippen molar-refractivity contribution < 1.29 is 9.84 Å². The largest absolute Gasteiger partial charge is 0.393 e. The minimum Gasteiger partial charge on any atom is -0.393 e. The Hall–Kier alpha value is -3.60. The molecule has 3 aromatic heterocycles. The van der Waals surface area contributed by atoms with Crippen LogP contribution in [-0.2, 0) is 11.3 Å². The molecule has 10 heteroatoms. The smallest absolute Gasteiger partial charge is 0.241 e. The Balaban J connectivity index is 1.19. The third-order valence-electron chi connectivity index (χ3n) is 8.56. The van der Waals surface area contributed by atoms with Crippen LogP contribution in [0, 0.1) is 6.92 Å². The summed E-state index contributed by atoms with van der Waals surface area (Å²) < 4.78 is 7.35. The third-order valence-corrected chi connectivity index (χ3v) is 8.56. The number of aromatic nitrogens is 5. The molecule has 10 nitrogen and oxygen atoms in total. The number of benzene rings is 1. The van der Waals surface area contributed by atoms with Gasteiger partial charge in [0.2, 0.25) is 11.9 Å². The average molecular weight is 571 g/mol. The van der Waals surface area contributed by atoms with Crippen LogP contribution in [0.2, 0.25) is 0 Å². The lowest BCUT2D eigenvalue weighted by Gasteiger charge is -2.34. The summed E-state index contributed by atoms with van der Waals surface area (Å²) in [5.41, 5.74) is 6.81. The molecule has 1 aliphatic heterocycles. The van der Waals surface area contributed by atoms with Gasteiger partial charge in [-0.2, -0.15) is 0 Å². The van der Waals surface area contributed by atoms with Crippen LogP contribution >= 0.6 is 0 Å². The first-order chi connectivity index (χ1) is 20.5. The number of aliphatic hydroxyl groups is 1. The summed E-state index contributed by atoms with van der Waals surface area (Å²) in [5, 5.41) is 18.4. The zero-order valence-corrected chi connectivity index (χ0v) is 24.9. The van der Waals surface area contributed by atoms with Crippen molar-refractivity contribution in [1.29, 1.82) is 0 Å². The zero-order valence-electron chi connectivity index (χ0n) is 24.9. The Bertz CT molecular complexity index is 1470. The molecule has 2 fully saturated rings. The first-order valence-electron chi connectivity index (χ1n) is 15.2. The lowest BCUT2D eigenvalue weighted by atomic mass is 9.85. The number of hydrogen-bond donors (Lipinski definition) is 2. The minimum atomic E-state index is -0.194. The molecule has 1 unspecified atom stereocenters. The number of rotatable bonds is 9. The summed E-state index contributed by atoms with van der Waals surface area (Å²) in [4.78, 5) is 18.5. The number of fused-ring (bicyclic) bond motifs is 1. The maximum absolute atomic E-state index is 10.1. The van der Waals surface area contributed by atoms with Gasteiger partial charge in [-0.1, -0.05) is 24.3 Å². The number of nitrogens with one attached hydrogen (secondary N) is 1. The second-order valence-electron chi connectivity index (χ2n) is 11.8. The van der Waals surface area contributed by atoms with Crippen molar-refractivity contribution in [3.63, 3.8) is 0 Å². The van der Waals surface area contributed by atoms with E-state index in [2.05, 4.69) is 71.8 Å². The maximum atomic E-state index is 10.1. The Morgan fingerprint density at radius 3 is 2.50 bits per heavy atom. The van der Waals surface area contributed by atoms with Crippen LogP contribution in [0.25, 0.3) is 16.6 Å². The molecule has 222 valence electrons. The molecule has 42 heavy (non-hydrogen) atoms. The normalized spacial score (nSPS) is 20.6. The number of nitrogens with zero attached hydrogens (tertiary/aromatic N) is 7. The Kier molecular flexibility index (Phi) is 8.64. The molecule has 0 amide bonds. The maximum Gasteiger partial charge on any atom is 0.241 e. The van der Waals surface area contributed by atoms with Gasteiger partial charge >= 0.3 is 0 Å². The molecule has 1 saturated carbocycles. The number of piperazine rings is 1. The monoisotopic (exact) mass is 570 g/mol. The van der Waals surface area contributed by atoms with E-state index < -0.39 is 0 Å². The number of ether oxygens (including phenoxy) is 1. The Morgan fingerprint density at radius 2 is 1.79 bits per heavy atom. The van der Waals surface area contributed by atoms with Crippen LogP contribution in [0.15, 0.2) is 48.8 Å². The standard InChI is InChI=1S/C32H42N8O2/c1-22-12-13-33-32(36-22)39-16-14-38(15-17-39)20-24-4-6-25(7-5-24)28-18-29(26-8-10-27(41)11-9-26)40-30(28)19-34-31(37-40)35-23(2)21-42-3/h4-7,12-13,18-19,23,26-27,41H,8-11,14-17,20-21H2,1-3H3,(H,35,37). The van der Waals surface area contributed by atoms with Crippen molar-refractivity contribution in [2.75, 3.05) is 50.1 Å². The molecular formula is C32H42N8O2. The summed E-state index contributed by atoms with van der Waals surface area (Å²) in [6.45, 7) is 9.40. The van der Waals surface area contributed by atoms with Crippen molar-refractivity contribution in [2.24, 2.45) is 0 Å². The fraction of sp³-hybridized carbons (Fsp3) is 0.500. The van der Waals surface area contributed by atoms with Crippen LogP contribution in [0.1, 0.15) is 55.5 Å². The van der Waals surface area contributed by atoms with Crippen LogP contribution in [0.3, 0.4) is 0 Å². The summed E-state index contributed by atoms with van der Waals surface area (Å²) in [5.74, 6) is 1.78. The molecule has 0 bridgehead atoms.